The Morgan fingerprint density at radius 1 is 1.29 bits per heavy atom. The monoisotopic (exact) mass is 294 g/mol. The van der Waals surface area contributed by atoms with E-state index < -0.39 is 0 Å². The molecule has 0 spiro atoms. The maximum atomic E-state index is 9.26. The molecular formula is C16H14N4S. The Bertz CT molecular complexity index is 845. The highest BCUT2D eigenvalue weighted by Crippen LogP contribution is 2.30. The molecule has 0 unspecified atom stereocenters. The molecule has 2 aromatic carbocycles. The first-order valence-electron chi connectivity index (χ1n) is 6.57. The number of aromatic nitrogens is 2. The second-order valence-electron chi connectivity index (χ2n) is 4.81. The second kappa shape index (κ2) is 5.60. The maximum Gasteiger partial charge on any atom is 0.171 e. The van der Waals surface area contributed by atoms with Crippen LogP contribution in [0.5, 0.6) is 0 Å². The number of aromatic amines is 1. The summed E-state index contributed by atoms with van der Waals surface area (Å²) in [6.07, 6.45) is 0. The molecule has 1 aromatic heterocycles. The summed E-state index contributed by atoms with van der Waals surface area (Å²) in [5, 5.41) is 10.0. The molecule has 0 aliphatic rings. The number of nitrogens with one attached hydrogen (secondary N) is 1. The van der Waals surface area contributed by atoms with Crippen molar-refractivity contribution in [3.8, 4) is 6.07 Å². The number of imidazole rings is 1. The van der Waals surface area contributed by atoms with Crippen LogP contribution in [0.1, 0.15) is 16.7 Å². The lowest BCUT2D eigenvalue weighted by Gasteiger charge is -2.03. The highest BCUT2D eigenvalue weighted by molar-refractivity contribution is 7.99. The predicted molar refractivity (Wildman–Crippen MR) is 84.0 cm³/mol. The number of hydrogen-bond acceptors (Lipinski definition) is 4. The van der Waals surface area contributed by atoms with E-state index >= 15 is 0 Å². The average Bonchev–Trinajstić information content (AvgIpc) is 2.89. The fourth-order valence-electron chi connectivity index (χ4n) is 2.13. The number of benzene rings is 2. The van der Waals surface area contributed by atoms with Crippen LogP contribution in [0.3, 0.4) is 0 Å². The van der Waals surface area contributed by atoms with Gasteiger partial charge in [-0.1, -0.05) is 23.9 Å². The van der Waals surface area contributed by atoms with Gasteiger partial charge in [-0.25, -0.2) is 4.98 Å². The number of aryl methyl sites for hydroxylation is 1. The molecule has 5 heteroatoms. The molecule has 3 rings (SSSR count). The van der Waals surface area contributed by atoms with E-state index in [1.165, 1.54) is 17.3 Å². The smallest absolute Gasteiger partial charge is 0.171 e. The van der Waals surface area contributed by atoms with Gasteiger partial charge in [0.15, 0.2) is 5.16 Å². The SMILES string of the molecule is Cc1ccc2nc(Sc3ccc(CN)cc3C#N)[nH]c2c1. The number of nitriles is 1. The van der Waals surface area contributed by atoms with E-state index in [-0.39, 0.29) is 0 Å². The largest absolute Gasteiger partial charge is 0.333 e. The van der Waals surface area contributed by atoms with Gasteiger partial charge in [-0.05, 0) is 42.3 Å². The molecule has 0 amide bonds. The van der Waals surface area contributed by atoms with Crippen LogP contribution in [0.4, 0.5) is 0 Å². The Morgan fingerprint density at radius 3 is 2.90 bits per heavy atom. The lowest BCUT2D eigenvalue weighted by Crippen LogP contribution is -1.97. The molecule has 0 saturated carbocycles. The Hall–Kier alpha value is -2.29. The maximum absolute atomic E-state index is 9.26. The van der Waals surface area contributed by atoms with Crippen molar-refractivity contribution in [1.29, 1.82) is 5.26 Å². The highest BCUT2D eigenvalue weighted by Gasteiger charge is 2.09. The van der Waals surface area contributed by atoms with Gasteiger partial charge in [-0.3, -0.25) is 0 Å². The van der Waals surface area contributed by atoms with E-state index in [2.05, 4.69) is 22.1 Å². The van der Waals surface area contributed by atoms with Gasteiger partial charge in [-0.2, -0.15) is 5.26 Å². The van der Waals surface area contributed by atoms with Gasteiger partial charge >= 0.3 is 0 Å². The third-order valence-corrected chi connectivity index (χ3v) is 4.19. The summed E-state index contributed by atoms with van der Waals surface area (Å²) in [7, 11) is 0. The van der Waals surface area contributed by atoms with E-state index in [1.807, 2.05) is 37.3 Å². The summed E-state index contributed by atoms with van der Waals surface area (Å²) < 4.78 is 0. The standard InChI is InChI=1S/C16H14N4S/c1-10-2-4-13-14(6-10)20-16(19-13)21-15-5-3-11(8-17)7-12(15)9-18/h2-7H,8,17H2,1H3,(H,19,20). The summed E-state index contributed by atoms with van der Waals surface area (Å²) >= 11 is 1.46. The highest BCUT2D eigenvalue weighted by atomic mass is 32.2. The summed E-state index contributed by atoms with van der Waals surface area (Å²) in [5.41, 5.74) is 10.3. The van der Waals surface area contributed by atoms with E-state index in [0.29, 0.717) is 12.1 Å². The molecule has 4 nitrogen and oxygen atoms in total. The molecule has 0 radical (unpaired) electrons. The van der Waals surface area contributed by atoms with E-state index in [9.17, 15) is 5.26 Å². The number of nitrogens with zero attached hydrogens (tertiary/aromatic N) is 2. The lowest BCUT2D eigenvalue weighted by atomic mass is 10.1. The van der Waals surface area contributed by atoms with Crippen molar-refractivity contribution in [2.45, 2.75) is 23.5 Å². The first kappa shape index (κ1) is 13.7. The molecule has 0 bridgehead atoms. The Morgan fingerprint density at radius 2 is 2.14 bits per heavy atom. The van der Waals surface area contributed by atoms with Crippen LogP contribution in [-0.2, 0) is 6.54 Å². The molecule has 0 fully saturated rings. The molecule has 104 valence electrons. The zero-order chi connectivity index (χ0) is 14.8. The molecule has 0 aliphatic carbocycles. The van der Waals surface area contributed by atoms with Gasteiger partial charge in [-0.15, -0.1) is 0 Å². The summed E-state index contributed by atoms with van der Waals surface area (Å²) in [4.78, 5) is 8.70. The molecule has 3 N–H and O–H groups in total. The van der Waals surface area contributed by atoms with Crippen molar-refractivity contribution < 1.29 is 0 Å². The third-order valence-electron chi connectivity index (χ3n) is 3.22. The number of nitrogens with two attached hydrogens (primary N) is 1. The minimum Gasteiger partial charge on any atom is -0.333 e. The minimum absolute atomic E-state index is 0.434. The summed E-state index contributed by atoms with van der Waals surface area (Å²) in [5.74, 6) is 0. The van der Waals surface area contributed by atoms with Crippen LogP contribution in [0.15, 0.2) is 46.5 Å². The molecule has 1 heterocycles. The molecular weight excluding hydrogens is 280 g/mol. The van der Waals surface area contributed by atoms with Crippen LogP contribution in [0, 0.1) is 18.3 Å². The van der Waals surface area contributed by atoms with Gasteiger partial charge in [0, 0.05) is 11.4 Å². The summed E-state index contributed by atoms with van der Waals surface area (Å²) in [6, 6.07) is 14.0. The second-order valence-corrected chi connectivity index (χ2v) is 5.84. The zero-order valence-corrected chi connectivity index (χ0v) is 12.4. The van der Waals surface area contributed by atoms with Gasteiger partial charge < -0.3 is 10.7 Å². The number of hydrogen-bond donors (Lipinski definition) is 2. The van der Waals surface area contributed by atoms with Crippen molar-refractivity contribution in [1.82, 2.24) is 9.97 Å². The fourth-order valence-corrected chi connectivity index (χ4v) is 3.00. The number of rotatable bonds is 3. The van der Waals surface area contributed by atoms with Crippen molar-refractivity contribution in [3.05, 3.63) is 53.1 Å². The van der Waals surface area contributed by atoms with Gasteiger partial charge in [0.1, 0.15) is 6.07 Å². The van der Waals surface area contributed by atoms with E-state index in [4.69, 9.17) is 5.73 Å². The number of H-pyrrole nitrogens is 1. The topological polar surface area (TPSA) is 78.5 Å². The lowest BCUT2D eigenvalue weighted by molar-refractivity contribution is 1.06. The van der Waals surface area contributed by atoms with Crippen molar-refractivity contribution >= 4 is 22.8 Å². The van der Waals surface area contributed by atoms with Crippen molar-refractivity contribution in [2.75, 3.05) is 0 Å². The van der Waals surface area contributed by atoms with Crippen LogP contribution in [0.25, 0.3) is 11.0 Å². The quantitative estimate of drug-likeness (QED) is 0.776. The first-order valence-corrected chi connectivity index (χ1v) is 7.38. The van der Waals surface area contributed by atoms with Gasteiger partial charge in [0.05, 0.1) is 16.6 Å². The summed E-state index contributed by atoms with van der Waals surface area (Å²) in [6.45, 7) is 2.48. The Labute approximate surface area is 127 Å². The Kier molecular flexibility index (Phi) is 3.65. The van der Waals surface area contributed by atoms with Gasteiger partial charge in [0.2, 0.25) is 0 Å². The van der Waals surface area contributed by atoms with E-state index in [1.54, 1.807) is 0 Å². The normalized spacial score (nSPS) is 10.7. The predicted octanol–water partition coefficient (Wildman–Crippen LogP) is 3.35. The van der Waals surface area contributed by atoms with Crippen molar-refractivity contribution in [3.63, 3.8) is 0 Å². The molecule has 0 saturated heterocycles. The van der Waals surface area contributed by atoms with Crippen LogP contribution >= 0.6 is 11.8 Å². The van der Waals surface area contributed by atoms with Crippen LogP contribution in [0.2, 0.25) is 0 Å². The molecule has 0 atom stereocenters. The van der Waals surface area contributed by atoms with E-state index in [0.717, 1.165) is 26.6 Å². The number of fused-ring (bicyclic) bond motifs is 1. The molecule has 21 heavy (non-hydrogen) atoms. The molecule has 3 aromatic rings. The van der Waals surface area contributed by atoms with Crippen molar-refractivity contribution in [2.24, 2.45) is 5.73 Å². The molecule has 0 aliphatic heterocycles. The Balaban J connectivity index is 1.96. The first-order chi connectivity index (χ1) is 10.2. The van der Waals surface area contributed by atoms with Crippen LogP contribution in [-0.4, -0.2) is 9.97 Å². The average molecular weight is 294 g/mol. The zero-order valence-electron chi connectivity index (χ0n) is 11.6. The minimum atomic E-state index is 0.434. The van der Waals surface area contributed by atoms with Crippen LogP contribution < -0.4 is 5.73 Å². The fraction of sp³-hybridized carbons (Fsp3) is 0.125. The van der Waals surface area contributed by atoms with Gasteiger partial charge in [0.25, 0.3) is 0 Å². The third kappa shape index (κ3) is 2.77.